The molecule has 0 bridgehead atoms. The number of carbonyl (C=O) groups is 3. The van der Waals surface area contributed by atoms with E-state index in [-0.39, 0.29) is 28.7 Å². The molecule has 1 heterocycles. The second-order valence-electron chi connectivity index (χ2n) is 5.67. The number of nitrogens with one attached hydrogen (secondary N) is 2. The van der Waals surface area contributed by atoms with Crippen LogP contribution in [0.15, 0.2) is 29.2 Å². The van der Waals surface area contributed by atoms with Gasteiger partial charge in [0, 0.05) is 44.9 Å². The van der Waals surface area contributed by atoms with E-state index in [9.17, 15) is 22.8 Å². The molecule has 1 fully saturated rings. The normalized spacial score (nSPS) is 14.6. The summed E-state index contributed by atoms with van der Waals surface area (Å²) in [6.07, 6.45) is 0.0572. The molecule has 0 radical (unpaired) electrons. The van der Waals surface area contributed by atoms with E-state index in [1.54, 1.807) is 4.90 Å². The van der Waals surface area contributed by atoms with Crippen LogP contribution in [0.1, 0.15) is 16.8 Å². The Morgan fingerprint density at radius 3 is 2.62 bits per heavy atom. The molecule has 0 saturated carbocycles. The number of hydrogen-bond acceptors (Lipinski definition) is 6. The molecule has 26 heavy (non-hydrogen) atoms. The van der Waals surface area contributed by atoms with Crippen molar-refractivity contribution in [1.29, 1.82) is 0 Å². The molecule has 2 rings (SSSR count). The van der Waals surface area contributed by atoms with Gasteiger partial charge < -0.3 is 4.90 Å². The van der Waals surface area contributed by atoms with Crippen molar-refractivity contribution >= 4 is 38.8 Å². The summed E-state index contributed by atoms with van der Waals surface area (Å²) in [4.78, 5) is 36.9. The first-order valence-corrected chi connectivity index (χ1v) is 10.2. The van der Waals surface area contributed by atoms with Crippen molar-refractivity contribution in [3.63, 3.8) is 0 Å². The molecule has 0 spiro atoms. The molecular weight excluding hydrogens is 380 g/mol. The van der Waals surface area contributed by atoms with Crippen LogP contribution in [0.2, 0.25) is 0 Å². The Balaban J connectivity index is 1.89. The summed E-state index contributed by atoms with van der Waals surface area (Å²) in [5.41, 5.74) is 4.59. The minimum Gasteiger partial charge on any atom is -0.332 e. The van der Waals surface area contributed by atoms with E-state index in [4.69, 9.17) is 0 Å². The van der Waals surface area contributed by atoms with Crippen LogP contribution in [0.4, 0.5) is 4.79 Å². The monoisotopic (exact) mass is 400 g/mol. The lowest BCUT2D eigenvalue weighted by atomic mass is 10.2. The quantitative estimate of drug-likeness (QED) is 0.662. The van der Waals surface area contributed by atoms with E-state index in [2.05, 4.69) is 10.9 Å². The molecule has 1 aliphatic heterocycles. The second kappa shape index (κ2) is 8.52. The largest absolute Gasteiger partial charge is 0.332 e. The van der Waals surface area contributed by atoms with Crippen molar-refractivity contribution in [1.82, 2.24) is 20.1 Å². The van der Waals surface area contributed by atoms with Gasteiger partial charge in [-0.1, -0.05) is 17.8 Å². The Morgan fingerprint density at radius 2 is 2.00 bits per heavy atom. The maximum Gasteiger partial charge on any atom is 0.281 e. The van der Waals surface area contributed by atoms with Crippen LogP contribution in [0.25, 0.3) is 0 Å². The Bertz CT molecular complexity index is 810. The van der Waals surface area contributed by atoms with Gasteiger partial charge in [0.15, 0.2) is 0 Å². The van der Waals surface area contributed by atoms with E-state index >= 15 is 0 Å². The van der Waals surface area contributed by atoms with Crippen LogP contribution in [-0.4, -0.2) is 67.6 Å². The van der Waals surface area contributed by atoms with Crippen LogP contribution in [0.3, 0.4) is 0 Å². The van der Waals surface area contributed by atoms with E-state index in [0.29, 0.717) is 12.3 Å². The highest BCUT2D eigenvalue weighted by atomic mass is 32.2. The SMILES string of the molecule is CN(C)S(=O)(=O)c1cccc(C(=O)NNC(=O)CCN2CCSC2=O)c1. The van der Waals surface area contributed by atoms with Gasteiger partial charge in [-0.15, -0.1) is 0 Å². The van der Waals surface area contributed by atoms with Crippen molar-refractivity contribution in [2.24, 2.45) is 0 Å². The van der Waals surface area contributed by atoms with Crippen LogP contribution in [0, 0.1) is 0 Å². The fourth-order valence-electron chi connectivity index (χ4n) is 2.14. The lowest BCUT2D eigenvalue weighted by molar-refractivity contribution is -0.122. The molecule has 1 aromatic carbocycles. The summed E-state index contributed by atoms with van der Waals surface area (Å²) in [5, 5.41) is -0.0549. The number of amides is 3. The molecule has 11 heteroatoms. The smallest absolute Gasteiger partial charge is 0.281 e. The summed E-state index contributed by atoms with van der Waals surface area (Å²) in [6, 6.07) is 5.51. The second-order valence-corrected chi connectivity index (χ2v) is 8.87. The first-order chi connectivity index (χ1) is 12.2. The van der Waals surface area contributed by atoms with Gasteiger partial charge in [0.05, 0.1) is 4.90 Å². The Kier molecular flexibility index (Phi) is 6.62. The molecule has 3 amide bonds. The summed E-state index contributed by atoms with van der Waals surface area (Å²) < 4.78 is 25.2. The van der Waals surface area contributed by atoms with Crippen LogP contribution in [0.5, 0.6) is 0 Å². The summed E-state index contributed by atoms with van der Waals surface area (Å²) >= 11 is 1.21. The third-order valence-corrected chi connectivity index (χ3v) is 6.35. The molecule has 0 unspecified atom stereocenters. The molecule has 9 nitrogen and oxygen atoms in total. The van der Waals surface area contributed by atoms with Gasteiger partial charge in [-0.05, 0) is 18.2 Å². The van der Waals surface area contributed by atoms with Gasteiger partial charge in [-0.25, -0.2) is 12.7 Å². The number of benzene rings is 1. The lowest BCUT2D eigenvalue weighted by Gasteiger charge is -2.14. The van der Waals surface area contributed by atoms with Crippen LogP contribution in [-0.2, 0) is 14.8 Å². The maximum atomic E-state index is 12.1. The average molecular weight is 400 g/mol. The summed E-state index contributed by atoms with van der Waals surface area (Å²) in [7, 11) is -0.871. The highest BCUT2D eigenvalue weighted by molar-refractivity contribution is 8.13. The minimum absolute atomic E-state index is 0.0217. The number of thioether (sulfide) groups is 1. The summed E-state index contributed by atoms with van der Waals surface area (Å²) in [5.74, 6) is -0.370. The van der Waals surface area contributed by atoms with E-state index < -0.39 is 21.8 Å². The molecular formula is C15H20N4O5S2. The van der Waals surface area contributed by atoms with Gasteiger partial charge in [-0.2, -0.15) is 0 Å². The van der Waals surface area contributed by atoms with E-state index in [0.717, 1.165) is 4.31 Å². The third kappa shape index (κ3) is 4.96. The number of hydrazine groups is 1. The van der Waals surface area contributed by atoms with Crippen LogP contribution < -0.4 is 10.9 Å². The zero-order valence-electron chi connectivity index (χ0n) is 14.4. The van der Waals surface area contributed by atoms with Crippen molar-refractivity contribution < 1.29 is 22.8 Å². The minimum atomic E-state index is -3.66. The fraction of sp³-hybridized carbons (Fsp3) is 0.400. The molecule has 0 aromatic heterocycles. The van der Waals surface area contributed by atoms with Crippen molar-refractivity contribution in [3.05, 3.63) is 29.8 Å². The van der Waals surface area contributed by atoms with Crippen LogP contribution >= 0.6 is 11.8 Å². The first-order valence-electron chi connectivity index (χ1n) is 7.75. The van der Waals surface area contributed by atoms with E-state index in [1.165, 1.54) is 50.1 Å². The maximum absolute atomic E-state index is 12.1. The highest BCUT2D eigenvalue weighted by Gasteiger charge is 2.22. The fourth-order valence-corrected chi connectivity index (χ4v) is 3.93. The van der Waals surface area contributed by atoms with Gasteiger partial charge in [0.25, 0.3) is 11.1 Å². The Hall–Kier alpha value is -2.11. The molecule has 2 N–H and O–H groups in total. The number of nitrogens with zero attached hydrogens (tertiary/aromatic N) is 2. The number of hydrogen-bond donors (Lipinski definition) is 2. The van der Waals surface area contributed by atoms with Crippen molar-refractivity contribution in [2.75, 3.05) is 32.9 Å². The number of rotatable bonds is 6. The van der Waals surface area contributed by atoms with Crippen molar-refractivity contribution in [3.8, 4) is 0 Å². The highest BCUT2D eigenvalue weighted by Crippen LogP contribution is 2.17. The molecule has 1 saturated heterocycles. The zero-order valence-corrected chi connectivity index (χ0v) is 16.0. The lowest BCUT2D eigenvalue weighted by Crippen LogP contribution is -2.43. The number of carbonyl (C=O) groups excluding carboxylic acids is 3. The number of sulfonamides is 1. The molecule has 0 atom stereocenters. The standard InChI is InChI=1S/C15H20N4O5S2/c1-18(2)26(23,24)12-5-3-4-11(10-12)14(21)17-16-13(20)6-7-19-8-9-25-15(19)22/h3-5,10H,6-9H2,1-2H3,(H,16,20)(H,17,21). The van der Waals surface area contributed by atoms with Gasteiger partial charge in [-0.3, -0.25) is 25.2 Å². The Labute approximate surface area is 156 Å². The Morgan fingerprint density at radius 1 is 1.27 bits per heavy atom. The third-order valence-electron chi connectivity index (χ3n) is 3.64. The zero-order chi connectivity index (χ0) is 19.3. The predicted molar refractivity (Wildman–Crippen MR) is 97.0 cm³/mol. The first kappa shape index (κ1) is 20.2. The topological polar surface area (TPSA) is 116 Å². The molecule has 1 aliphatic rings. The van der Waals surface area contributed by atoms with Gasteiger partial charge in [0.1, 0.15) is 0 Å². The van der Waals surface area contributed by atoms with Crippen molar-refractivity contribution in [2.45, 2.75) is 11.3 Å². The summed E-state index contributed by atoms with van der Waals surface area (Å²) in [6.45, 7) is 0.889. The predicted octanol–water partition coefficient (Wildman–Crippen LogP) is 0.257. The van der Waals surface area contributed by atoms with E-state index in [1.807, 2.05) is 0 Å². The molecule has 142 valence electrons. The van der Waals surface area contributed by atoms with Gasteiger partial charge in [0.2, 0.25) is 15.9 Å². The molecule has 1 aromatic rings. The molecule has 0 aliphatic carbocycles. The van der Waals surface area contributed by atoms with Gasteiger partial charge >= 0.3 is 0 Å². The average Bonchev–Trinajstić information content (AvgIpc) is 3.02.